The maximum atomic E-state index is 12.1. The van der Waals surface area contributed by atoms with E-state index in [2.05, 4.69) is 4.98 Å². The van der Waals surface area contributed by atoms with Crippen LogP contribution in [-0.2, 0) is 13.2 Å². The zero-order valence-electron chi connectivity index (χ0n) is 7.57. The van der Waals surface area contributed by atoms with Gasteiger partial charge in [-0.05, 0) is 6.92 Å². The number of halogens is 2. The van der Waals surface area contributed by atoms with Crippen LogP contribution in [0.15, 0.2) is 6.20 Å². The number of rotatable bonds is 4. The number of aryl methyl sites for hydroxylation is 1. The van der Waals surface area contributed by atoms with Crippen molar-refractivity contribution in [2.75, 3.05) is 0 Å². The van der Waals surface area contributed by atoms with Gasteiger partial charge in [-0.1, -0.05) is 0 Å². The molecule has 1 aromatic rings. The molecule has 0 fully saturated rings. The number of aliphatic hydroxyl groups excluding tert-OH is 1. The summed E-state index contributed by atoms with van der Waals surface area (Å²) in [6, 6.07) is 0. The zero-order valence-corrected chi connectivity index (χ0v) is 7.57. The van der Waals surface area contributed by atoms with Crippen molar-refractivity contribution < 1.29 is 18.7 Å². The van der Waals surface area contributed by atoms with E-state index >= 15 is 0 Å². The second-order valence-electron chi connectivity index (χ2n) is 2.66. The highest BCUT2D eigenvalue weighted by Crippen LogP contribution is 2.09. The van der Waals surface area contributed by atoms with E-state index in [1.807, 2.05) is 0 Å². The standard InChI is InChI=1S/C8H10F2N2O2/c1-2-12-3-5(4-13)11-8(12)6(14)7(9)10/h3,7,13H,2,4H2,1H3. The summed E-state index contributed by atoms with van der Waals surface area (Å²) >= 11 is 0. The average molecular weight is 204 g/mol. The molecule has 0 unspecified atom stereocenters. The summed E-state index contributed by atoms with van der Waals surface area (Å²) in [5, 5.41) is 8.72. The molecule has 0 saturated heterocycles. The van der Waals surface area contributed by atoms with E-state index in [1.165, 1.54) is 10.8 Å². The Labute approximate surface area is 79.2 Å². The van der Waals surface area contributed by atoms with Gasteiger partial charge in [-0.2, -0.15) is 0 Å². The number of alkyl halides is 2. The van der Waals surface area contributed by atoms with Crippen LogP contribution in [0.5, 0.6) is 0 Å². The average Bonchev–Trinajstić information content (AvgIpc) is 2.59. The van der Waals surface area contributed by atoms with Crippen LogP contribution in [0.3, 0.4) is 0 Å². The third-order valence-corrected chi connectivity index (χ3v) is 1.75. The molecule has 0 bridgehead atoms. The van der Waals surface area contributed by atoms with E-state index in [9.17, 15) is 13.6 Å². The molecule has 6 heteroatoms. The largest absolute Gasteiger partial charge is 0.390 e. The minimum Gasteiger partial charge on any atom is -0.390 e. The van der Waals surface area contributed by atoms with Crippen LogP contribution in [-0.4, -0.2) is 26.9 Å². The quantitative estimate of drug-likeness (QED) is 0.739. The van der Waals surface area contributed by atoms with Crippen LogP contribution in [0.2, 0.25) is 0 Å². The van der Waals surface area contributed by atoms with Gasteiger partial charge in [-0.25, -0.2) is 13.8 Å². The van der Waals surface area contributed by atoms with E-state index in [1.54, 1.807) is 6.92 Å². The van der Waals surface area contributed by atoms with E-state index in [4.69, 9.17) is 5.11 Å². The number of hydrogen-bond acceptors (Lipinski definition) is 3. The molecular formula is C8H10F2N2O2. The number of imidazole rings is 1. The maximum Gasteiger partial charge on any atom is 0.303 e. The summed E-state index contributed by atoms with van der Waals surface area (Å²) in [6.07, 6.45) is -1.68. The topological polar surface area (TPSA) is 55.1 Å². The molecule has 0 aliphatic rings. The van der Waals surface area contributed by atoms with Gasteiger partial charge in [0.15, 0.2) is 5.82 Å². The number of ketones is 1. The Bertz CT molecular complexity index is 336. The smallest absolute Gasteiger partial charge is 0.303 e. The molecule has 1 heterocycles. The van der Waals surface area contributed by atoms with Gasteiger partial charge < -0.3 is 9.67 Å². The molecule has 1 rings (SSSR count). The fourth-order valence-corrected chi connectivity index (χ4v) is 1.08. The molecule has 0 radical (unpaired) electrons. The van der Waals surface area contributed by atoms with Gasteiger partial charge in [0.1, 0.15) is 0 Å². The molecule has 1 N–H and O–H groups in total. The maximum absolute atomic E-state index is 12.1. The van der Waals surface area contributed by atoms with Gasteiger partial charge in [-0.15, -0.1) is 0 Å². The van der Waals surface area contributed by atoms with Crippen molar-refractivity contribution in [2.24, 2.45) is 0 Å². The van der Waals surface area contributed by atoms with Crippen molar-refractivity contribution in [2.45, 2.75) is 26.5 Å². The number of hydrogen-bond donors (Lipinski definition) is 1. The van der Waals surface area contributed by atoms with Crippen molar-refractivity contribution in [1.29, 1.82) is 0 Å². The first kappa shape index (κ1) is 10.8. The Balaban J connectivity index is 3.06. The normalized spacial score (nSPS) is 10.9. The summed E-state index contributed by atoms with van der Waals surface area (Å²) in [7, 11) is 0. The van der Waals surface area contributed by atoms with E-state index in [0.29, 0.717) is 6.54 Å². The van der Waals surface area contributed by atoms with Crippen molar-refractivity contribution >= 4 is 5.78 Å². The fraction of sp³-hybridized carbons (Fsp3) is 0.500. The van der Waals surface area contributed by atoms with Crippen LogP contribution >= 0.6 is 0 Å². The Morgan fingerprint density at radius 1 is 1.71 bits per heavy atom. The molecule has 1 aromatic heterocycles. The highest BCUT2D eigenvalue weighted by Gasteiger charge is 2.23. The first-order valence-corrected chi connectivity index (χ1v) is 4.09. The third kappa shape index (κ3) is 1.95. The number of aliphatic hydroxyl groups is 1. The molecule has 4 nitrogen and oxygen atoms in total. The second kappa shape index (κ2) is 4.28. The summed E-state index contributed by atoms with van der Waals surface area (Å²) in [5.74, 6) is -1.61. The summed E-state index contributed by atoms with van der Waals surface area (Å²) in [4.78, 5) is 14.5. The molecule has 0 aromatic carbocycles. The van der Waals surface area contributed by atoms with Gasteiger partial charge in [0.25, 0.3) is 5.78 Å². The van der Waals surface area contributed by atoms with Crippen molar-refractivity contribution in [3.63, 3.8) is 0 Å². The van der Waals surface area contributed by atoms with Gasteiger partial charge in [-0.3, -0.25) is 4.79 Å². The monoisotopic (exact) mass is 204 g/mol. The number of aromatic nitrogens is 2. The van der Waals surface area contributed by atoms with Crippen molar-refractivity contribution in [3.05, 3.63) is 17.7 Å². The Morgan fingerprint density at radius 2 is 2.36 bits per heavy atom. The number of carbonyl (C=O) groups is 1. The number of carbonyl (C=O) groups excluding carboxylic acids is 1. The minimum absolute atomic E-state index is 0.218. The molecule has 0 atom stereocenters. The van der Waals surface area contributed by atoms with Crippen LogP contribution in [0.1, 0.15) is 23.2 Å². The van der Waals surface area contributed by atoms with Gasteiger partial charge in [0.05, 0.1) is 12.3 Å². The van der Waals surface area contributed by atoms with E-state index < -0.39 is 12.2 Å². The molecule has 0 amide bonds. The Morgan fingerprint density at radius 3 is 2.79 bits per heavy atom. The van der Waals surface area contributed by atoms with Gasteiger partial charge in [0.2, 0.25) is 0 Å². The fourth-order valence-electron chi connectivity index (χ4n) is 1.08. The van der Waals surface area contributed by atoms with Crippen LogP contribution in [0.4, 0.5) is 8.78 Å². The third-order valence-electron chi connectivity index (χ3n) is 1.75. The molecule has 0 spiro atoms. The SMILES string of the molecule is CCn1cc(CO)nc1C(=O)C(F)F. The lowest BCUT2D eigenvalue weighted by Gasteiger charge is -2.01. The van der Waals surface area contributed by atoms with Crippen LogP contribution < -0.4 is 0 Å². The Hall–Kier alpha value is -1.30. The first-order chi connectivity index (χ1) is 6.60. The van der Waals surface area contributed by atoms with Crippen LogP contribution in [0.25, 0.3) is 0 Å². The van der Waals surface area contributed by atoms with Crippen molar-refractivity contribution in [1.82, 2.24) is 9.55 Å². The molecule has 0 aliphatic heterocycles. The highest BCUT2D eigenvalue weighted by molar-refractivity contribution is 5.95. The predicted molar refractivity (Wildman–Crippen MR) is 44.2 cm³/mol. The molecule has 78 valence electrons. The highest BCUT2D eigenvalue weighted by atomic mass is 19.3. The lowest BCUT2D eigenvalue weighted by molar-refractivity contribution is 0.0662. The molecule has 0 saturated carbocycles. The molecular weight excluding hydrogens is 194 g/mol. The summed E-state index contributed by atoms with van der Waals surface area (Å²) < 4.78 is 25.4. The summed E-state index contributed by atoms with van der Waals surface area (Å²) in [6.45, 7) is 1.70. The van der Waals surface area contributed by atoms with Crippen molar-refractivity contribution in [3.8, 4) is 0 Å². The molecule has 14 heavy (non-hydrogen) atoms. The number of Topliss-reactive ketones (excluding diaryl/α,β-unsaturated/α-hetero) is 1. The lowest BCUT2D eigenvalue weighted by Crippen LogP contribution is -2.16. The predicted octanol–water partition coefficient (Wildman–Crippen LogP) is 0.843. The molecule has 0 aliphatic carbocycles. The Kier molecular flexibility index (Phi) is 3.29. The van der Waals surface area contributed by atoms with E-state index in [-0.39, 0.29) is 18.1 Å². The first-order valence-electron chi connectivity index (χ1n) is 4.09. The van der Waals surface area contributed by atoms with Crippen LogP contribution in [0, 0.1) is 0 Å². The lowest BCUT2D eigenvalue weighted by atomic mass is 10.4. The zero-order chi connectivity index (χ0) is 10.7. The second-order valence-corrected chi connectivity index (χ2v) is 2.66. The summed E-state index contributed by atoms with van der Waals surface area (Å²) in [5.41, 5.74) is 0.218. The minimum atomic E-state index is -3.06. The van der Waals surface area contributed by atoms with Gasteiger partial charge in [0, 0.05) is 12.7 Å². The number of nitrogens with zero attached hydrogens (tertiary/aromatic N) is 2. The van der Waals surface area contributed by atoms with E-state index in [0.717, 1.165) is 0 Å². The van der Waals surface area contributed by atoms with Gasteiger partial charge >= 0.3 is 6.43 Å².